The van der Waals surface area contributed by atoms with E-state index in [2.05, 4.69) is 41.0 Å². The predicted molar refractivity (Wildman–Crippen MR) is 54.0 cm³/mol. The Morgan fingerprint density at radius 2 is 2.08 bits per heavy atom. The molecular formula is C10H13N2S+. The van der Waals surface area contributed by atoms with Crippen molar-refractivity contribution in [1.82, 2.24) is 4.98 Å². The summed E-state index contributed by atoms with van der Waals surface area (Å²) in [5.41, 5.74) is 2.60. The molecule has 0 aliphatic carbocycles. The monoisotopic (exact) mass is 193 g/mol. The lowest BCUT2D eigenvalue weighted by atomic mass is 9.93. The Kier molecular flexibility index (Phi) is 1.84. The van der Waals surface area contributed by atoms with Gasteiger partial charge >= 0.3 is 0 Å². The molecule has 2 rings (SSSR count). The van der Waals surface area contributed by atoms with Gasteiger partial charge in [-0.1, -0.05) is 24.6 Å². The molecule has 0 N–H and O–H groups in total. The van der Waals surface area contributed by atoms with Gasteiger partial charge in [-0.2, -0.15) is 0 Å². The van der Waals surface area contributed by atoms with E-state index in [4.69, 9.17) is 0 Å². The van der Waals surface area contributed by atoms with E-state index in [0.29, 0.717) is 0 Å². The molecule has 2 nitrogen and oxygen atoms in total. The summed E-state index contributed by atoms with van der Waals surface area (Å²) in [4.78, 5) is 4.24. The van der Waals surface area contributed by atoms with Gasteiger partial charge in [0.05, 0.1) is 11.6 Å². The van der Waals surface area contributed by atoms with E-state index in [-0.39, 0.29) is 5.41 Å². The fourth-order valence-electron chi connectivity index (χ4n) is 1.32. The van der Waals surface area contributed by atoms with Crippen molar-refractivity contribution in [3.8, 4) is 0 Å². The van der Waals surface area contributed by atoms with Crippen LogP contribution in [0.5, 0.6) is 0 Å². The van der Waals surface area contributed by atoms with Crippen molar-refractivity contribution in [2.75, 3.05) is 0 Å². The third kappa shape index (κ3) is 1.44. The molecule has 2 aromatic heterocycles. The summed E-state index contributed by atoms with van der Waals surface area (Å²) >= 11 is 1.72. The Bertz CT molecular complexity index is 426. The second-order valence-corrected chi connectivity index (χ2v) is 5.02. The van der Waals surface area contributed by atoms with Crippen molar-refractivity contribution in [1.29, 1.82) is 0 Å². The van der Waals surface area contributed by atoms with Crippen molar-refractivity contribution in [2.45, 2.75) is 26.2 Å². The normalized spacial score (nSPS) is 12.2. The van der Waals surface area contributed by atoms with Gasteiger partial charge in [0.15, 0.2) is 0 Å². The molecule has 0 fully saturated rings. The molecule has 0 aliphatic heterocycles. The molecule has 0 aromatic carbocycles. The van der Waals surface area contributed by atoms with Crippen LogP contribution in [0.4, 0.5) is 0 Å². The largest absolute Gasteiger partial charge is 0.251 e. The highest BCUT2D eigenvalue weighted by Gasteiger charge is 2.25. The van der Waals surface area contributed by atoms with Crippen LogP contribution < -0.4 is 3.79 Å². The second kappa shape index (κ2) is 2.77. The zero-order chi connectivity index (χ0) is 9.47. The summed E-state index contributed by atoms with van der Waals surface area (Å²) in [6.45, 7) is 6.61. The maximum absolute atomic E-state index is 4.24. The van der Waals surface area contributed by atoms with E-state index in [1.54, 1.807) is 11.5 Å². The molecule has 2 heterocycles. The standard InChI is InChI=1S/C10H13N2S/c1-10(2,3)9-7-11-6-8-4-5-13-12(8)9/h4-7H,1-3H3/q+1. The summed E-state index contributed by atoms with van der Waals surface area (Å²) in [6, 6.07) is 2.09. The molecule has 0 atom stereocenters. The summed E-state index contributed by atoms with van der Waals surface area (Å²) in [7, 11) is 0. The Morgan fingerprint density at radius 1 is 1.31 bits per heavy atom. The molecule has 0 aliphatic rings. The van der Waals surface area contributed by atoms with E-state index in [0.717, 1.165) is 0 Å². The average molecular weight is 193 g/mol. The van der Waals surface area contributed by atoms with Crippen LogP contribution in [0.25, 0.3) is 5.52 Å². The van der Waals surface area contributed by atoms with Crippen LogP contribution in [0, 0.1) is 0 Å². The van der Waals surface area contributed by atoms with Gasteiger partial charge in [0.1, 0.15) is 17.7 Å². The molecule has 0 radical (unpaired) electrons. The third-order valence-electron chi connectivity index (χ3n) is 2.03. The van der Waals surface area contributed by atoms with E-state index in [1.807, 2.05) is 12.4 Å². The minimum Gasteiger partial charge on any atom is -0.251 e. The van der Waals surface area contributed by atoms with Crippen LogP contribution in [-0.2, 0) is 5.41 Å². The quantitative estimate of drug-likeness (QED) is 0.586. The summed E-state index contributed by atoms with van der Waals surface area (Å²) in [5.74, 6) is 0. The molecule has 0 spiro atoms. The van der Waals surface area contributed by atoms with Crippen LogP contribution in [0.2, 0.25) is 0 Å². The topological polar surface area (TPSA) is 17.0 Å². The Morgan fingerprint density at radius 3 is 2.77 bits per heavy atom. The molecule has 68 valence electrons. The minimum atomic E-state index is 0.155. The van der Waals surface area contributed by atoms with Crippen molar-refractivity contribution >= 4 is 17.0 Å². The number of rotatable bonds is 0. The van der Waals surface area contributed by atoms with Gasteiger partial charge in [-0.25, -0.2) is 0 Å². The van der Waals surface area contributed by atoms with E-state index >= 15 is 0 Å². The molecule has 3 heteroatoms. The SMILES string of the molecule is CC(C)(C)c1cncc2ccs[n+]12. The lowest BCUT2D eigenvalue weighted by Crippen LogP contribution is -2.31. The van der Waals surface area contributed by atoms with Crippen molar-refractivity contribution in [3.05, 3.63) is 29.5 Å². The van der Waals surface area contributed by atoms with Gasteiger partial charge in [0.25, 0.3) is 0 Å². The Hall–Kier alpha value is -0.960. The van der Waals surface area contributed by atoms with Gasteiger partial charge < -0.3 is 0 Å². The van der Waals surface area contributed by atoms with Crippen molar-refractivity contribution in [3.63, 3.8) is 0 Å². The Labute approximate surface area is 82.0 Å². The fourth-order valence-corrected chi connectivity index (χ4v) is 2.30. The first-order valence-corrected chi connectivity index (χ1v) is 5.17. The molecule has 0 amide bonds. The molecular weight excluding hydrogens is 180 g/mol. The van der Waals surface area contributed by atoms with Gasteiger partial charge in [-0.05, 0) is 0 Å². The number of aromatic nitrogens is 2. The van der Waals surface area contributed by atoms with Crippen molar-refractivity contribution < 1.29 is 3.79 Å². The van der Waals surface area contributed by atoms with E-state index in [9.17, 15) is 0 Å². The molecule has 13 heavy (non-hydrogen) atoms. The lowest BCUT2D eigenvalue weighted by molar-refractivity contribution is -0.449. The molecule has 0 bridgehead atoms. The van der Waals surface area contributed by atoms with Crippen molar-refractivity contribution in [2.24, 2.45) is 0 Å². The fraction of sp³-hybridized carbons (Fsp3) is 0.400. The van der Waals surface area contributed by atoms with Gasteiger partial charge in [0.2, 0.25) is 11.2 Å². The van der Waals surface area contributed by atoms with Crippen LogP contribution in [0.15, 0.2) is 23.8 Å². The zero-order valence-electron chi connectivity index (χ0n) is 8.11. The maximum Gasteiger partial charge on any atom is 0.244 e. The number of fused-ring (bicyclic) bond motifs is 1. The zero-order valence-corrected chi connectivity index (χ0v) is 8.93. The minimum absolute atomic E-state index is 0.155. The highest BCUT2D eigenvalue weighted by molar-refractivity contribution is 6.99. The summed E-state index contributed by atoms with van der Waals surface area (Å²) < 4.78 is 2.23. The lowest BCUT2D eigenvalue weighted by Gasteiger charge is -2.11. The molecule has 2 aromatic rings. The Balaban J connectivity index is 2.75. The first kappa shape index (κ1) is 8.63. The third-order valence-corrected chi connectivity index (χ3v) is 2.91. The average Bonchev–Trinajstić information content (AvgIpc) is 2.48. The second-order valence-electron chi connectivity index (χ2n) is 4.17. The van der Waals surface area contributed by atoms with Crippen LogP contribution in [0.3, 0.4) is 0 Å². The van der Waals surface area contributed by atoms with E-state index in [1.165, 1.54) is 11.2 Å². The highest BCUT2D eigenvalue weighted by atomic mass is 32.1. The predicted octanol–water partition coefficient (Wildman–Crippen LogP) is 2.18. The number of hydrogen-bond donors (Lipinski definition) is 0. The van der Waals surface area contributed by atoms with Gasteiger partial charge in [0, 0.05) is 11.5 Å². The number of hydrogen-bond acceptors (Lipinski definition) is 2. The maximum atomic E-state index is 4.24. The summed E-state index contributed by atoms with van der Waals surface area (Å²) in [5, 5.41) is 2.09. The number of nitrogens with zero attached hydrogens (tertiary/aromatic N) is 2. The first-order valence-electron chi connectivity index (χ1n) is 4.33. The smallest absolute Gasteiger partial charge is 0.244 e. The molecule has 0 saturated heterocycles. The van der Waals surface area contributed by atoms with E-state index < -0.39 is 0 Å². The first-order chi connectivity index (χ1) is 6.09. The van der Waals surface area contributed by atoms with Crippen LogP contribution >= 0.6 is 11.5 Å². The molecule has 0 saturated carbocycles. The van der Waals surface area contributed by atoms with Gasteiger partial charge in [-0.3, -0.25) is 4.98 Å². The van der Waals surface area contributed by atoms with Crippen LogP contribution in [-0.4, -0.2) is 4.98 Å². The molecule has 0 unspecified atom stereocenters. The van der Waals surface area contributed by atoms with Gasteiger partial charge in [-0.15, -0.1) is 0 Å². The van der Waals surface area contributed by atoms with Crippen LogP contribution in [0.1, 0.15) is 26.5 Å². The summed E-state index contributed by atoms with van der Waals surface area (Å²) in [6.07, 6.45) is 3.84. The highest BCUT2D eigenvalue weighted by Crippen LogP contribution is 2.18.